The van der Waals surface area contributed by atoms with E-state index in [0.717, 1.165) is 29.7 Å². The Kier molecular flexibility index (Phi) is 7.59. The lowest BCUT2D eigenvalue weighted by Crippen LogP contribution is -2.52. The summed E-state index contributed by atoms with van der Waals surface area (Å²) < 4.78 is 33.3. The number of aryl methyl sites for hydroxylation is 2. The van der Waals surface area contributed by atoms with Crippen molar-refractivity contribution in [1.82, 2.24) is 10.0 Å². The Morgan fingerprint density at radius 3 is 2.50 bits per heavy atom. The molecule has 188 valence electrons. The number of nitrogens with one attached hydrogen (secondary N) is 2. The predicted octanol–water partition coefficient (Wildman–Crippen LogP) is 3.58. The summed E-state index contributed by atoms with van der Waals surface area (Å²) in [5.41, 5.74) is 3.01. The Morgan fingerprint density at radius 2 is 1.75 bits per heavy atom. The predicted molar refractivity (Wildman–Crippen MR) is 138 cm³/mol. The summed E-state index contributed by atoms with van der Waals surface area (Å²) in [6.45, 7) is 2.32. The van der Waals surface area contributed by atoms with Crippen LogP contribution in [0, 0.1) is 6.92 Å². The number of amides is 3. The second kappa shape index (κ2) is 10.8. The van der Waals surface area contributed by atoms with Gasteiger partial charge in [-0.05, 0) is 60.7 Å². The minimum absolute atomic E-state index is 0.000479. The van der Waals surface area contributed by atoms with Crippen molar-refractivity contribution in [3.8, 4) is 5.75 Å². The van der Waals surface area contributed by atoms with E-state index in [1.165, 1.54) is 11.0 Å². The molecule has 0 aromatic heterocycles. The summed E-state index contributed by atoms with van der Waals surface area (Å²) in [6, 6.07) is 19.2. The van der Waals surface area contributed by atoms with Gasteiger partial charge in [-0.25, -0.2) is 17.9 Å². The minimum atomic E-state index is -4.12. The zero-order valence-corrected chi connectivity index (χ0v) is 21.0. The average molecular weight is 508 g/mol. The maximum atomic E-state index is 13.5. The third kappa shape index (κ3) is 5.85. The quantitative estimate of drug-likeness (QED) is 0.509. The first kappa shape index (κ1) is 25.2. The van der Waals surface area contributed by atoms with Gasteiger partial charge in [0.25, 0.3) is 10.0 Å². The van der Waals surface area contributed by atoms with Gasteiger partial charge in [0.1, 0.15) is 11.8 Å². The molecule has 3 aromatic rings. The molecule has 4 rings (SSSR count). The highest BCUT2D eigenvalue weighted by Crippen LogP contribution is 2.29. The lowest BCUT2D eigenvalue weighted by molar-refractivity contribution is -0.120. The van der Waals surface area contributed by atoms with Crippen LogP contribution in [0.25, 0.3) is 0 Å². The van der Waals surface area contributed by atoms with Gasteiger partial charge in [-0.15, -0.1) is 0 Å². The number of rotatable bonds is 7. The zero-order valence-electron chi connectivity index (χ0n) is 20.2. The smallest absolute Gasteiger partial charge is 0.329 e. The fourth-order valence-electron chi connectivity index (χ4n) is 4.19. The molecule has 0 aliphatic carbocycles. The van der Waals surface area contributed by atoms with Crippen molar-refractivity contribution in [2.24, 2.45) is 0 Å². The molecule has 1 atom stereocenters. The Hall–Kier alpha value is -3.85. The number of ether oxygens (including phenoxy) is 1. The second-order valence-corrected chi connectivity index (χ2v) is 10.4. The third-order valence-electron chi connectivity index (χ3n) is 6.11. The SMILES string of the molecule is Cc1ccccc1S(=O)(=O)NC(=O)NC(Cc1ccccc1)C(=O)N(C)c1ccc2c(c1)CCCO2. The molecule has 9 heteroatoms. The highest BCUT2D eigenvalue weighted by atomic mass is 32.2. The first-order valence-corrected chi connectivity index (χ1v) is 13.2. The summed E-state index contributed by atoms with van der Waals surface area (Å²) >= 11 is 0. The van der Waals surface area contributed by atoms with Crippen LogP contribution in [-0.4, -0.2) is 40.1 Å². The molecular weight excluding hydrogens is 478 g/mol. The number of hydrogen-bond acceptors (Lipinski definition) is 5. The molecule has 0 spiro atoms. The van der Waals surface area contributed by atoms with Crippen molar-refractivity contribution < 1.29 is 22.7 Å². The lowest BCUT2D eigenvalue weighted by Gasteiger charge is -2.26. The highest BCUT2D eigenvalue weighted by molar-refractivity contribution is 7.90. The van der Waals surface area contributed by atoms with E-state index in [9.17, 15) is 18.0 Å². The number of carbonyl (C=O) groups excluding carboxylic acids is 2. The van der Waals surface area contributed by atoms with Crippen LogP contribution in [0.2, 0.25) is 0 Å². The molecule has 36 heavy (non-hydrogen) atoms. The normalized spacial score (nSPS) is 13.6. The summed E-state index contributed by atoms with van der Waals surface area (Å²) in [7, 11) is -2.48. The van der Waals surface area contributed by atoms with Crippen molar-refractivity contribution in [1.29, 1.82) is 0 Å². The van der Waals surface area contributed by atoms with Gasteiger partial charge in [0.15, 0.2) is 0 Å². The monoisotopic (exact) mass is 507 g/mol. The Morgan fingerprint density at radius 1 is 1.03 bits per heavy atom. The van der Waals surface area contributed by atoms with Crippen LogP contribution in [0.5, 0.6) is 5.75 Å². The molecule has 0 fully saturated rings. The standard InChI is InChI=1S/C27H29N3O5S/c1-19-9-6-7-13-25(19)36(33,34)29-27(32)28-23(17-20-10-4-3-5-11-20)26(31)30(2)22-14-15-24-21(18-22)12-8-16-35-24/h3-7,9-11,13-15,18,23H,8,12,16-17H2,1-2H3,(H2,28,29,32). The van der Waals surface area contributed by atoms with E-state index in [1.807, 2.05) is 47.2 Å². The summed E-state index contributed by atoms with van der Waals surface area (Å²) in [4.78, 5) is 27.8. The molecule has 1 aliphatic heterocycles. The van der Waals surface area contributed by atoms with E-state index < -0.39 is 22.1 Å². The molecule has 0 radical (unpaired) electrons. The summed E-state index contributed by atoms with van der Waals surface area (Å²) in [5.74, 6) is 0.435. The fourth-order valence-corrected chi connectivity index (χ4v) is 5.35. The molecule has 0 bridgehead atoms. The van der Waals surface area contributed by atoms with Gasteiger partial charge in [0.05, 0.1) is 11.5 Å². The topological polar surface area (TPSA) is 105 Å². The molecule has 3 amide bonds. The van der Waals surface area contributed by atoms with E-state index in [0.29, 0.717) is 17.9 Å². The van der Waals surface area contributed by atoms with E-state index in [-0.39, 0.29) is 17.2 Å². The number of anilines is 1. The number of hydrogen-bond donors (Lipinski definition) is 2. The molecule has 8 nitrogen and oxygen atoms in total. The van der Waals surface area contributed by atoms with Gasteiger partial charge in [-0.2, -0.15) is 0 Å². The van der Waals surface area contributed by atoms with Gasteiger partial charge in [0.2, 0.25) is 5.91 Å². The fraction of sp³-hybridized carbons (Fsp3) is 0.259. The number of carbonyl (C=O) groups is 2. The van der Waals surface area contributed by atoms with Crippen molar-refractivity contribution in [2.45, 2.75) is 37.1 Å². The van der Waals surface area contributed by atoms with Gasteiger partial charge in [-0.1, -0.05) is 48.5 Å². The Labute approximate surface area is 211 Å². The van der Waals surface area contributed by atoms with Crippen LogP contribution >= 0.6 is 0 Å². The number of benzene rings is 3. The van der Waals surface area contributed by atoms with Crippen LogP contribution in [0.4, 0.5) is 10.5 Å². The molecule has 2 N–H and O–H groups in total. The molecule has 1 unspecified atom stereocenters. The summed E-state index contributed by atoms with van der Waals surface area (Å²) in [6.07, 6.45) is 1.95. The van der Waals surface area contributed by atoms with Gasteiger partial charge in [0, 0.05) is 19.2 Å². The molecule has 1 heterocycles. The van der Waals surface area contributed by atoms with E-state index in [1.54, 1.807) is 38.2 Å². The van der Waals surface area contributed by atoms with Crippen molar-refractivity contribution in [3.05, 3.63) is 89.5 Å². The Bertz CT molecular complexity index is 1360. The maximum Gasteiger partial charge on any atom is 0.329 e. The van der Waals surface area contributed by atoms with Crippen molar-refractivity contribution >= 4 is 27.6 Å². The average Bonchev–Trinajstić information content (AvgIpc) is 2.87. The largest absolute Gasteiger partial charge is 0.493 e. The van der Waals surface area contributed by atoms with Crippen LogP contribution in [0.1, 0.15) is 23.1 Å². The molecule has 0 saturated heterocycles. The van der Waals surface area contributed by atoms with Crippen molar-refractivity contribution in [2.75, 3.05) is 18.6 Å². The first-order valence-electron chi connectivity index (χ1n) is 11.7. The third-order valence-corrected chi connectivity index (χ3v) is 7.60. The zero-order chi connectivity index (χ0) is 25.7. The van der Waals surface area contributed by atoms with Crippen LogP contribution in [-0.2, 0) is 27.7 Å². The van der Waals surface area contributed by atoms with E-state index in [4.69, 9.17) is 4.74 Å². The molecule has 3 aromatic carbocycles. The van der Waals surface area contributed by atoms with Crippen LogP contribution < -0.4 is 19.7 Å². The summed E-state index contributed by atoms with van der Waals surface area (Å²) in [5, 5.41) is 2.58. The van der Waals surface area contributed by atoms with E-state index in [2.05, 4.69) is 5.32 Å². The van der Waals surface area contributed by atoms with Crippen LogP contribution in [0.3, 0.4) is 0 Å². The lowest BCUT2D eigenvalue weighted by atomic mass is 10.0. The van der Waals surface area contributed by atoms with Gasteiger partial charge in [-0.3, -0.25) is 4.79 Å². The Balaban J connectivity index is 1.55. The number of urea groups is 1. The maximum absolute atomic E-state index is 13.5. The number of likely N-dealkylation sites (N-methyl/N-ethyl adjacent to an activating group) is 1. The van der Waals surface area contributed by atoms with Crippen molar-refractivity contribution in [3.63, 3.8) is 0 Å². The number of sulfonamides is 1. The minimum Gasteiger partial charge on any atom is -0.493 e. The second-order valence-electron chi connectivity index (χ2n) is 8.73. The molecular formula is C27H29N3O5S. The number of fused-ring (bicyclic) bond motifs is 1. The van der Waals surface area contributed by atoms with Gasteiger partial charge >= 0.3 is 6.03 Å². The van der Waals surface area contributed by atoms with Crippen LogP contribution in [0.15, 0.2) is 77.7 Å². The van der Waals surface area contributed by atoms with E-state index >= 15 is 0 Å². The highest BCUT2D eigenvalue weighted by Gasteiger charge is 2.28. The van der Waals surface area contributed by atoms with Gasteiger partial charge < -0.3 is 15.0 Å². The number of nitrogens with zero attached hydrogens (tertiary/aromatic N) is 1. The first-order chi connectivity index (χ1) is 17.2. The molecule has 1 aliphatic rings. The molecule has 0 saturated carbocycles.